The van der Waals surface area contributed by atoms with Crippen LogP contribution in [0.1, 0.15) is 29.3 Å². The van der Waals surface area contributed by atoms with Crippen LogP contribution >= 0.6 is 0 Å². The van der Waals surface area contributed by atoms with Crippen molar-refractivity contribution in [2.75, 3.05) is 20.8 Å². The highest BCUT2D eigenvalue weighted by molar-refractivity contribution is 5.95. The third-order valence-corrected chi connectivity index (χ3v) is 3.09. The molecule has 0 heterocycles. The molecule has 0 aliphatic carbocycles. The predicted molar refractivity (Wildman–Crippen MR) is 78.7 cm³/mol. The van der Waals surface area contributed by atoms with E-state index in [0.717, 1.165) is 5.56 Å². The lowest BCUT2D eigenvalue weighted by atomic mass is 9.98. The first-order chi connectivity index (χ1) is 9.94. The van der Waals surface area contributed by atoms with Crippen molar-refractivity contribution in [1.82, 2.24) is 5.32 Å². The Hall–Kier alpha value is -1.92. The fourth-order valence-corrected chi connectivity index (χ4v) is 1.98. The molecule has 0 saturated carbocycles. The van der Waals surface area contributed by atoms with E-state index < -0.39 is 11.5 Å². The van der Waals surface area contributed by atoms with E-state index in [2.05, 4.69) is 10.1 Å². The number of rotatable bonds is 7. The maximum Gasteiger partial charge on any atom is 0.307 e. The number of carbonyl (C=O) groups is 2. The van der Waals surface area contributed by atoms with Crippen molar-refractivity contribution in [1.29, 1.82) is 0 Å². The lowest BCUT2D eigenvalue weighted by Crippen LogP contribution is -2.50. The molecule has 1 amide bonds. The zero-order valence-corrected chi connectivity index (χ0v) is 12.6. The van der Waals surface area contributed by atoms with Crippen LogP contribution in [0.15, 0.2) is 24.3 Å². The quantitative estimate of drug-likeness (QED) is 0.727. The van der Waals surface area contributed by atoms with Crippen molar-refractivity contribution in [2.24, 2.45) is 5.73 Å². The molecule has 116 valence electrons. The van der Waals surface area contributed by atoms with E-state index in [-0.39, 0.29) is 18.9 Å². The molecule has 1 rings (SSSR count). The zero-order chi connectivity index (χ0) is 15.9. The minimum atomic E-state index is -0.828. The van der Waals surface area contributed by atoms with Gasteiger partial charge in [0.05, 0.1) is 25.7 Å². The van der Waals surface area contributed by atoms with Gasteiger partial charge in [-0.15, -0.1) is 0 Å². The molecule has 1 aromatic rings. The van der Waals surface area contributed by atoms with E-state index in [0.29, 0.717) is 12.1 Å². The third kappa shape index (κ3) is 5.17. The standard InChI is InChI=1S/C15H22N2O4/c1-15(10-20-2,8-13(18)21-3)17-14(19)12-6-4-11(9-16)5-7-12/h4-7H,8-10,16H2,1-3H3,(H,17,19). The van der Waals surface area contributed by atoms with E-state index in [9.17, 15) is 9.59 Å². The maximum atomic E-state index is 12.3. The van der Waals surface area contributed by atoms with Crippen molar-refractivity contribution in [2.45, 2.75) is 25.4 Å². The maximum absolute atomic E-state index is 12.3. The molecular weight excluding hydrogens is 272 g/mol. The molecule has 0 fully saturated rings. The normalized spacial score (nSPS) is 13.3. The number of ether oxygens (including phenoxy) is 2. The minimum absolute atomic E-state index is 0.0317. The van der Waals surface area contributed by atoms with E-state index in [4.69, 9.17) is 10.5 Å². The van der Waals surface area contributed by atoms with Crippen LogP contribution in [0.5, 0.6) is 0 Å². The van der Waals surface area contributed by atoms with Crippen molar-refractivity contribution >= 4 is 11.9 Å². The number of nitrogens with one attached hydrogen (secondary N) is 1. The third-order valence-electron chi connectivity index (χ3n) is 3.09. The first-order valence-corrected chi connectivity index (χ1v) is 6.61. The highest BCUT2D eigenvalue weighted by Gasteiger charge is 2.30. The first-order valence-electron chi connectivity index (χ1n) is 6.61. The van der Waals surface area contributed by atoms with Crippen molar-refractivity contribution in [3.63, 3.8) is 0 Å². The molecule has 6 nitrogen and oxygen atoms in total. The van der Waals surface area contributed by atoms with Gasteiger partial charge < -0.3 is 20.5 Å². The average Bonchev–Trinajstić information content (AvgIpc) is 2.47. The van der Waals surface area contributed by atoms with E-state index in [1.54, 1.807) is 31.2 Å². The fraction of sp³-hybridized carbons (Fsp3) is 0.467. The number of esters is 1. The van der Waals surface area contributed by atoms with Gasteiger partial charge in [0.25, 0.3) is 5.91 Å². The molecule has 3 N–H and O–H groups in total. The SMILES string of the molecule is COCC(C)(CC(=O)OC)NC(=O)c1ccc(CN)cc1. The van der Waals surface area contributed by atoms with Crippen LogP contribution < -0.4 is 11.1 Å². The summed E-state index contributed by atoms with van der Waals surface area (Å²) in [7, 11) is 2.82. The lowest BCUT2D eigenvalue weighted by molar-refractivity contribution is -0.142. The van der Waals surface area contributed by atoms with Crippen LogP contribution in [-0.2, 0) is 20.8 Å². The summed E-state index contributed by atoms with van der Waals surface area (Å²) in [5.41, 5.74) is 6.14. The van der Waals surface area contributed by atoms with Gasteiger partial charge in [-0.25, -0.2) is 0 Å². The molecular formula is C15H22N2O4. The predicted octanol–water partition coefficient (Wildman–Crippen LogP) is 0.843. The van der Waals surface area contributed by atoms with E-state index in [1.807, 2.05) is 0 Å². The molecule has 0 spiro atoms. The molecule has 1 unspecified atom stereocenters. The minimum Gasteiger partial charge on any atom is -0.469 e. The summed E-state index contributed by atoms with van der Waals surface area (Å²) < 4.78 is 9.74. The van der Waals surface area contributed by atoms with Crippen LogP contribution in [0.3, 0.4) is 0 Å². The average molecular weight is 294 g/mol. The topological polar surface area (TPSA) is 90.6 Å². The summed E-state index contributed by atoms with van der Waals surface area (Å²) in [6, 6.07) is 6.98. The Kier molecular flexibility index (Phi) is 6.33. The van der Waals surface area contributed by atoms with Gasteiger partial charge in [0.2, 0.25) is 0 Å². The molecule has 0 bridgehead atoms. The summed E-state index contributed by atoms with van der Waals surface area (Å²) in [5, 5.41) is 2.82. The summed E-state index contributed by atoms with van der Waals surface area (Å²) in [4.78, 5) is 23.7. The largest absolute Gasteiger partial charge is 0.469 e. The molecule has 1 aromatic carbocycles. The Morgan fingerprint density at radius 2 is 1.86 bits per heavy atom. The van der Waals surface area contributed by atoms with Crippen LogP contribution in [-0.4, -0.2) is 38.2 Å². The van der Waals surface area contributed by atoms with E-state index >= 15 is 0 Å². The second-order valence-electron chi connectivity index (χ2n) is 5.10. The number of carbonyl (C=O) groups excluding carboxylic acids is 2. The molecule has 0 saturated heterocycles. The highest BCUT2D eigenvalue weighted by Crippen LogP contribution is 2.13. The summed E-state index contributed by atoms with van der Waals surface area (Å²) in [6.07, 6.45) is 0.0317. The number of amides is 1. The Bertz CT molecular complexity index is 487. The Morgan fingerprint density at radius 1 is 1.24 bits per heavy atom. The number of methoxy groups -OCH3 is 2. The fourth-order valence-electron chi connectivity index (χ4n) is 1.98. The monoisotopic (exact) mass is 294 g/mol. The van der Waals surface area contributed by atoms with Gasteiger partial charge in [-0.1, -0.05) is 12.1 Å². The molecule has 0 aliphatic heterocycles. The van der Waals surface area contributed by atoms with Crippen LogP contribution in [0, 0.1) is 0 Å². The van der Waals surface area contributed by atoms with Gasteiger partial charge in [0.15, 0.2) is 0 Å². The number of nitrogens with two attached hydrogens (primary N) is 1. The van der Waals surface area contributed by atoms with Gasteiger partial charge in [-0.05, 0) is 24.6 Å². The molecule has 21 heavy (non-hydrogen) atoms. The van der Waals surface area contributed by atoms with Gasteiger partial charge in [-0.2, -0.15) is 0 Å². The van der Waals surface area contributed by atoms with Crippen molar-refractivity contribution < 1.29 is 19.1 Å². The molecule has 0 aliphatic rings. The van der Waals surface area contributed by atoms with Crippen molar-refractivity contribution in [3.05, 3.63) is 35.4 Å². The molecule has 0 radical (unpaired) electrons. The number of hydrogen-bond acceptors (Lipinski definition) is 5. The summed E-state index contributed by atoms with van der Waals surface area (Å²) in [6.45, 7) is 2.36. The molecule has 1 atom stereocenters. The Morgan fingerprint density at radius 3 is 2.33 bits per heavy atom. The van der Waals surface area contributed by atoms with Gasteiger partial charge in [-0.3, -0.25) is 9.59 Å². The van der Waals surface area contributed by atoms with Gasteiger partial charge in [0.1, 0.15) is 0 Å². The number of benzene rings is 1. The first kappa shape index (κ1) is 17.1. The van der Waals surface area contributed by atoms with Crippen LogP contribution in [0.2, 0.25) is 0 Å². The van der Waals surface area contributed by atoms with E-state index in [1.165, 1.54) is 14.2 Å². The van der Waals surface area contributed by atoms with Crippen LogP contribution in [0.25, 0.3) is 0 Å². The Labute approximate surface area is 124 Å². The van der Waals surface area contributed by atoms with Crippen molar-refractivity contribution in [3.8, 4) is 0 Å². The second-order valence-corrected chi connectivity index (χ2v) is 5.10. The second kappa shape index (κ2) is 7.75. The van der Waals surface area contributed by atoms with Gasteiger partial charge >= 0.3 is 5.97 Å². The highest BCUT2D eigenvalue weighted by atomic mass is 16.5. The van der Waals surface area contributed by atoms with Crippen LogP contribution in [0.4, 0.5) is 0 Å². The summed E-state index contributed by atoms with van der Waals surface area (Å²) in [5.74, 6) is -0.685. The zero-order valence-electron chi connectivity index (χ0n) is 12.6. The molecule has 6 heteroatoms. The Balaban J connectivity index is 2.81. The van der Waals surface area contributed by atoms with Gasteiger partial charge in [0, 0.05) is 19.2 Å². The molecule has 0 aromatic heterocycles. The smallest absolute Gasteiger partial charge is 0.307 e. The lowest BCUT2D eigenvalue weighted by Gasteiger charge is -2.29. The summed E-state index contributed by atoms with van der Waals surface area (Å²) >= 11 is 0. The number of hydrogen-bond donors (Lipinski definition) is 2.